The average molecular weight is 428 g/mol. The molecule has 0 aromatic heterocycles. The lowest BCUT2D eigenvalue weighted by molar-refractivity contribution is 0.355. The lowest BCUT2D eigenvalue weighted by Crippen LogP contribution is -2.30. The first-order valence-electron chi connectivity index (χ1n) is 9.34. The summed E-state index contributed by atoms with van der Waals surface area (Å²) in [6.07, 6.45) is 0. The Morgan fingerprint density at radius 3 is 2.03 bits per heavy atom. The summed E-state index contributed by atoms with van der Waals surface area (Å²) in [5.74, 6) is 1.58. The molecule has 0 aliphatic heterocycles. The van der Waals surface area contributed by atoms with Crippen LogP contribution >= 0.6 is 0 Å². The maximum Gasteiger partial charge on any atom is 0.264 e. The highest BCUT2D eigenvalue weighted by Crippen LogP contribution is 2.35. The van der Waals surface area contributed by atoms with Crippen LogP contribution in [0.5, 0.6) is 17.2 Å². The first kappa shape index (κ1) is 21.5. The van der Waals surface area contributed by atoms with Crippen molar-refractivity contribution in [3.8, 4) is 17.2 Å². The summed E-state index contributed by atoms with van der Waals surface area (Å²) in [7, 11) is 0.756. The number of hydrogen-bond acceptors (Lipinski definition) is 5. The average Bonchev–Trinajstić information content (AvgIpc) is 2.77. The van der Waals surface area contributed by atoms with E-state index in [2.05, 4.69) is 0 Å². The molecule has 30 heavy (non-hydrogen) atoms. The van der Waals surface area contributed by atoms with Gasteiger partial charge in [-0.1, -0.05) is 35.9 Å². The van der Waals surface area contributed by atoms with E-state index in [0.717, 1.165) is 11.1 Å². The Bertz CT molecular complexity index is 1110. The zero-order valence-electron chi connectivity index (χ0n) is 17.5. The summed E-state index contributed by atoms with van der Waals surface area (Å²) in [5.41, 5.74) is 2.18. The fourth-order valence-corrected chi connectivity index (χ4v) is 4.56. The number of hydrogen-bond donors (Lipinski definition) is 0. The van der Waals surface area contributed by atoms with Crippen LogP contribution in [0.25, 0.3) is 0 Å². The Morgan fingerprint density at radius 2 is 1.40 bits per heavy atom. The van der Waals surface area contributed by atoms with E-state index < -0.39 is 10.0 Å². The van der Waals surface area contributed by atoms with Crippen LogP contribution in [0.15, 0.2) is 71.6 Å². The monoisotopic (exact) mass is 427 g/mol. The number of para-hydroxylation sites is 1. The maximum absolute atomic E-state index is 13.6. The summed E-state index contributed by atoms with van der Waals surface area (Å²) >= 11 is 0. The molecule has 0 heterocycles. The van der Waals surface area contributed by atoms with Gasteiger partial charge in [-0.15, -0.1) is 0 Å². The van der Waals surface area contributed by atoms with Crippen molar-refractivity contribution in [2.75, 3.05) is 25.6 Å². The zero-order valence-corrected chi connectivity index (χ0v) is 18.3. The fourth-order valence-electron chi connectivity index (χ4n) is 3.12. The molecule has 0 amide bonds. The van der Waals surface area contributed by atoms with Gasteiger partial charge < -0.3 is 14.2 Å². The Morgan fingerprint density at radius 1 is 0.767 bits per heavy atom. The number of methoxy groups -OCH3 is 3. The highest BCUT2D eigenvalue weighted by atomic mass is 32.2. The molecule has 0 aliphatic rings. The van der Waals surface area contributed by atoms with Crippen molar-refractivity contribution in [3.63, 3.8) is 0 Å². The Hall–Kier alpha value is -3.19. The Kier molecular flexibility index (Phi) is 6.52. The molecule has 0 fully saturated rings. The van der Waals surface area contributed by atoms with E-state index in [4.69, 9.17) is 14.2 Å². The van der Waals surface area contributed by atoms with Crippen LogP contribution in [0.1, 0.15) is 11.1 Å². The molecule has 0 atom stereocenters. The van der Waals surface area contributed by atoms with E-state index in [0.29, 0.717) is 22.9 Å². The molecule has 0 bridgehead atoms. The molecule has 7 heteroatoms. The molecule has 0 radical (unpaired) electrons. The van der Waals surface area contributed by atoms with E-state index in [1.54, 1.807) is 55.6 Å². The number of aryl methyl sites for hydroxylation is 1. The van der Waals surface area contributed by atoms with E-state index in [1.165, 1.54) is 18.5 Å². The molecule has 0 N–H and O–H groups in total. The fraction of sp³-hybridized carbons (Fsp3) is 0.217. The van der Waals surface area contributed by atoms with E-state index in [-0.39, 0.29) is 11.4 Å². The van der Waals surface area contributed by atoms with Crippen molar-refractivity contribution in [1.29, 1.82) is 0 Å². The van der Waals surface area contributed by atoms with Crippen LogP contribution in [0.2, 0.25) is 0 Å². The molecular weight excluding hydrogens is 402 g/mol. The molecular formula is C23H25NO5S. The van der Waals surface area contributed by atoms with Gasteiger partial charge in [0.25, 0.3) is 10.0 Å². The van der Waals surface area contributed by atoms with Crippen LogP contribution in [0.4, 0.5) is 5.69 Å². The van der Waals surface area contributed by atoms with Gasteiger partial charge in [0.15, 0.2) is 11.5 Å². The Labute approximate surface area is 177 Å². The lowest BCUT2D eigenvalue weighted by atomic mass is 10.2. The normalized spacial score (nSPS) is 11.1. The van der Waals surface area contributed by atoms with Crippen LogP contribution in [-0.4, -0.2) is 29.7 Å². The second-order valence-corrected chi connectivity index (χ2v) is 8.54. The van der Waals surface area contributed by atoms with Gasteiger partial charge in [0, 0.05) is 11.6 Å². The third-order valence-electron chi connectivity index (χ3n) is 4.77. The molecule has 3 aromatic rings. The third-order valence-corrected chi connectivity index (χ3v) is 6.56. The molecule has 0 aliphatic carbocycles. The number of nitrogens with zero attached hydrogens (tertiary/aromatic N) is 1. The number of anilines is 1. The minimum atomic E-state index is -3.86. The van der Waals surface area contributed by atoms with Crippen molar-refractivity contribution in [1.82, 2.24) is 0 Å². The van der Waals surface area contributed by atoms with Crippen molar-refractivity contribution >= 4 is 15.7 Å². The van der Waals surface area contributed by atoms with Gasteiger partial charge in [-0.25, -0.2) is 8.42 Å². The van der Waals surface area contributed by atoms with Crippen LogP contribution < -0.4 is 18.5 Å². The van der Waals surface area contributed by atoms with Crippen LogP contribution in [-0.2, 0) is 16.6 Å². The van der Waals surface area contributed by atoms with Gasteiger partial charge in [0.1, 0.15) is 5.75 Å². The van der Waals surface area contributed by atoms with Crippen molar-refractivity contribution in [3.05, 3.63) is 77.9 Å². The predicted molar refractivity (Wildman–Crippen MR) is 117 cm³/mol. The topological polar surface area (TPSA) is 65.1 Å². The molecule has 158 valence electrons. The highest BCUT2D eigenvalue weighted by Gasteiger charge is 2.27. The smallest absolute Gasteiger partial charge is 0.264 e. The standard InChI is InChI=1S/C23H25NO5S/c1-17-9-12-20(13-10-17)30(25,26)24(16-18-7-5-6-8-21(18)27-2)19-11-14-22(28-3)23(15-19)29-4/h5-15H,16H2,1-4H3. The van der Waals surface area contributed by atoms with Gasteiger partial charge in [-0.05, 0) is 37.3 Å². The third kappa shape index (κ3) is 4.36. The SMILES string of the molecule is COc1ccccc1CN(c1ccc(OC)c(OC)c1)S(=O)(=O)c1ccc(C)cc1. The molecule has 3 rings (SSSR count). The summed E-state index contributed by atoms with van der Waals surface area (Å²) in [6.45, 7) is 2.01. The number of sulfonamides is 1. The summed E-state index contributed by atoms with van der Waals surface area (Å²) < 4.78 is 44.7. The number of benzene rings is 3. The zero-order chi connectivity index (χ0) is 21.7. The second kappa shape index (κ2) is 9.09. The van der Waals surface area contributed by atoms with E-state index >= 15 is 0 Å². The summed E-state index contributed by atoms with van der Waals surface area (Å²) in [5, 5.41) is 0. The van der Waals surface area contributed by atoms with E-state index in [9.17, 15) is 8.42 Å². The van der Waals surface area contributed by atoms with Crippen LogP contribution in [0.3, 0.4) is 0 Å². The molecule has 6 nitrogen and oxygen atoms in total. The Balaban J connectivity index is 2.15. The molecule has 3 aromatic carbocycles. The maximum atomic E-state index is 13.6. The van der Waals surface area contributed by atoms with Gasteiger partial charge in [0.2, 0.25) is 0 Å². The largest absolute Gasteiger partial charge is 0.496 e. The first-order valence-corrected chi connectivity index (χ1v) is 10.8. The van der Waals surface area contributed by atoms with Crippen molar-refractivity contribution in [2.24, 2.45) is 0 Å². The van der Waals surface area contributed by atoms with Crippen molar-refractivity contribution < 1.29 is 22.6 Å². The van der Waals surface area contributed by atoms with Gasteiger partial charge in [0.05, 0.1) is 38.5 Å². The molecule has 0 unspecified atom stereocenters. The van der Waals surface area contributed by atoms with Gasteiger partial charge in [-0.3, -0.25) is 4.31 Å². The lowest BCUT2D eigenvalue weighted by Gasteiger charge is -2.26. The highest BCUT2D eigenvalue weighted by molar-refractivity contribution is 7.92. The summed E-state index contributed by atoms with van der Waals surface area (Å²) in [6, 6.07) is 19.2. The van der Waals surface area contributed by atoms with Crippen LogP contribution in [0, 0.1) is 6.92 Å². The predicted octanol–water partition coefficient (Wildman–Crippen LogP) is 4.42. The second-order valence-electron chi connectivity index (χ2n) is 6.68. The minimum Gasteiger partial charge on any atom is -0.496 e. The quantitative estimate of drug-likeness (QED) is 0.533. The van der Waals surface area contributed by atoms with Gasteiger partial charge in [-0.2, -0.15) is 0 Å². The van der Waals surface area contributed by atoms with E-state index in [1.807, 2.05) is 25.1 Å². The number of ether oxygens (including phenoxy) is 3. The molecule has 0 spiro atoms. The van der Waals surface area contributed by atoms with Gasteiger partial charge >= 0.3 is 0 Å². The molecule has 0 saturated carbocycles. The first-order chi connectivity index (χ1) is 14.4. The summed E-state index contributed by atoms with van der Waals surface area (Å²) in [4.78, 5) is 0.206. The number of rotatable bonds is 8. The molecule has 0 saturated heterocycles. The minimum absolute atomic E-state index is 0.0930. The van der Waals surface area contributed by atoms with Crippen molar-refractivity contribution in [2.45, 2.75) is 18.4 Å².